The van der Waals surface area contributed by atoms with E-state index in [-0.39, 0.29) is 11.1 Å². The molecule has 0 saturated heterocycles. The third kappa shape index (κ3) is 4.86. The van der Waals surface area contributed by atoms with E-state index in [0.717, 1.165) is 18.6 Å². The zero-order chi connectivity index (χ0) is 15.6. The van der Waals surface area contributed by atoms with Gasteiger partial charge in [-0.2, -0.15) is 0 Å². The van der Waals surface area contributed by atoms with Crippen LogP contribution < -0.4 is 0 Å². The van der Waals surface area contributed by atoms with Crippen molar-refractivity contribution in [3.05, 3.63) is 0 Å². The molecule has 4 nitrogen and oxygen atoms in total. The van der Waals surface area contributed by atoms with Crippen molar-refractivity contribution in [2.24, 2.45) is 11.1 Å². The maximum atomic E-state index is 10.2. The molecule has 0 spiro atoms. The summed E-state index contributed by atoms with van der Waals surface area (Å²) in [6.45, 7) is 15.6. The molecule has 0 bridgehead atoms. The van der Waals surface area contributed by atoms with Gasteiger partial charge in [-0.05, 0) is 30.5 Å². The molecule has 1 aliphatic rings. The molecule has 1 N–H and O–H groups in total. The molecule has 5 heteroatoms. The molecule has 0 aromatic rings. The fraction of sp³-hybridized carbons (Fsp3) is 0.933. The van der Waals surface area contributed by atoms with Crippen molar-refractivity contribution in [2.45, 2.75) is 77.8 Å². The van der Waals surface area contributed by atoms with E-state index in [9.17, 15) is 5.11 Å². The quantitative estimate of drug-likeness (QED) is 0.763. The van der Waals surface area contributed by atoms with E-state index in [1.807, 2.05) is 0 Å². The molecule has 1 aliphatic heterocycles. The van der Waals surface area contributed by atoms with Crippen LogP contribution in [0.5, 0.6) is 0 Å². The van der Waals surface area contributed by atoms with Crippen molar-refractivity contribution in [1.29, 1.82) is 0 Å². The number of aliphatic hydroxyl groups excluding tert-OH is 1. The highest BCUT2D eigenvalue weighted by Gasteiger charge is 2.38. The molecule has 0 aliphatic carbocycles. The normalized spacial score (nSPS) is 21.9. The molecule has 1 rings (SSSR count). The molecule has 0 amide bonds. The second kappa shape index (κ2) is 6.58. The van der Waals surface area contributed by atoms with Crippen molar-refractivity contribution >= 4 is 14.0 Å². The fourth-order valence-corrected chi connectivity index (χ4v) is 2.89. The Labute approximate surface area is 124 Å². The summed E-state index contributed by atoms with van der Waals surface area (Å²) in [5.74, 6) is 0.566. The lowest BCUT2D eigenvalue weighted by Crippen LogP contribution is -2.44. The number of aliphatic hydroxyl groups is 1. The SMILES string of the molecule is CC(C)CC1=NO[C@@H]([C@H](O)CO[Si](C)(C)C(C)(C)C)C1. The number of nitrogens with zero attached hydrogens (tertiary/aromatic N) is 1. The number of hydrogen-bond acceptors (Lipinski definition) is 4. The molecular weight excluding hydrogens is 270 g/mol. The minimum Gasteiger partial charge on any atom is -0.414 e. The maximum Gasteiger partial charge on any atom is 0.192 e. The molecule has 0 fully saturated rings. The minimum absolute atomic E-state index is 0.155. The average molecular weight is 302 g/mol. The summed E-state index contributed by atoms with van der Waals surface area (Å²) < 4.78 is 6.04. The van der Waals surface area contributed by atoms with Crippen molar-refractivity contribution in [3.8, 4) is 0 Å². The van der Waals surface area contributed by atoms with Gasteiger partial charge in [0.25, 0.3) is 0 Å². The number of hydrogen-bond donors (Lipinski definition) is 1. The van der Waals surface area contributed by atoms with Crippen LogP contribution in [0, 0.1) is 5.92 Å². The molecule has 0 aromatic heterocycles. The summed E-state index contributed by atoms with van der Waals surface area (Å²) in [6, 6.07) is 0. The smallest absolute Gasteiger partial charge is 0.192 e. The van der Waals surface area contributed by atoms with Gasteiger partial charge in [-0.1, -0.05) is 39.8 Å². The third-order valence-electron chi connectivity index (χ3n) is 4.25. The van der Waals surface area contributed by atoms with Gasteiger partial charge in [0, 0.05) is 6.42 Å². The molecule has 1 heterocycles. The first-order valence-corrected chi connectivity index (χ1v) is 10.5. The van der Waals surface area contributed by atoms with Crippen molar-refractivity contribution < 1.29 is 14.4 Å². The van der Waals surface area contributed by atoms with Crippen LogP contribution in [0.4, 0.5) is 0 Å². The Hall–Kier alpha value is -0.393. The van der Waals surface area contributed by atoms with Crippen LogP contribution in [0.1, 0.15) is 47.5 Å². The van der Waals surface area contributed by atoms with E-state index in [1.165, 1.54) is 0 Å². The summed E-state index contributed by atoms with van der Waals surface area (Å²) in [6.07, 6.45) is 0.818. The monoisotopic (exact) mass is 301 g/mol. The molecule has 0 unspecified atom stereocenters. The Morgan fingerprint density at radius 2 is 2.00 bits per heavy atom. The lowest BCUT2D eigenvalue weighted by Gasteiger charge is -2.37. The summed E-state index contributed by atoms with van der Waals surface area (Å²) in [5, 5.41) is 14.5. The largest absolute Gasteiger partial charge is 0.414 e. The van der Waals surface area contributed by atoms with Crippen molar-refractivity contribution in [2.75, 3.05) is 6.61 Å². The lowest BCUT2D eigenvalue weighted by molar-refractivity contribution is -0.0382. The van der Waals surface area contributed by atoms with E-state index >= 15 is 0 Å². The second-order valence-electron chi connectivity index (χ2n) is 7.74. The highest BCUT2D eigenvalue weighted by atomic mass is 28.4. The zero-order valence-electron chi connectivity index (χ0n) is 14.1. The van der Waals surface area contributed by atoms with Crippen LogP contribution in [-0.2, 0) is 9.26 Å². The minimum atomic E-state index is -1.81. The third-order valence-corrected chi connectivity index (χ3v) is 8.75. The molecule has 0 aromatic carbocycles. The summed E-state index contributed by atoms with van der Waals surface area (Å²) in [4.78, 5) is 5.35. The van der Waals surface area contributed by atoms with E-state index in [1.54, 1.807) is 0 Å². The molecule has 0 radical (unpaired) electrons. The van der Waals surface area contributed by atoms with Gasteiger partial charge in [0.15, 0.2) is 14.4 Å². The van der Waals surface area contributed by atoms with Crippen LogP contribution >= 0.6 is 0 Å². The zero-order valence-corrected chi connectivity index (χ0v) is 15.1. The molecule has 0 saturated carbocycles. The van der Waals surface area contributed by atoms with Gasteiger partial charge in [-0.15, -0.1) is 0 Å². The first-order valence-electron chi connectivity index (χ1n) is 7.56. The summed E-state index contributed by atoms with van der Waals surface area (Å²) in [5.41, 5.74) is 1.05. The fourth-order valence-electron chi connectivity index (χ4n) is 1.86. The lowest BCUT2D eigenvalue weighted by atomic mass is 10.0. The second-order valence-corrected chi connectivity index (χ2v) is 12.6. The van der Waals surface area contributed by atoms with Crippen LogP contribution in [0.3, 0.4) is 0 Å². The van der Waals surface area contributed by atoms with Gasteiger partial charge in [-0.3, -0.25) is 0 Å². The Kier molecular flexibility index (Phi) is 5.81. The first kappa shape index (κ1) is 17.7. The van der Waals surface area contributed by atoms with E-state index < -0.39 is 14.4 Å². The molecular formula is C15H31NO3Si. The van der Waals surface area contributed by atoms with Crippen LogP contribution in [-0.4, -0.2) is 38.0 Å². The van der Waals surface area contributed by atoms with E-state index in [2.05, 4.69) is 52.9 Å². The van der Waals surface area contributed by atoms with Crippen LogP contribution in [0.25, 0.3) is 0 Å². The highest BCUT2D eigenvalue weighted by molar-refractivity contribution is 6.74. The predicted molar refractivity (Wildman–Crippen MR) is 85.5 cm³/mol. The topological polar surface area (TPSA) is 51.0 Å². The number of rotatable bonds is 6. The average Bonchev–Trinajstić information content (AvgIpc) is 2.72. The Morgan fingerprint density at radius 3 is 2.50 bits per heavy atom. The Morgan fingerprint density at radius 1 is 1.40 bits per heavy atom. The molecule has 118 valence electrons. The van der Waals surface area contributed by atoms with Gasteiger partial charge in [0.05, 0.1) is 12.3 Å². The Balaban J connectivity index is 2.41. The first-order chi connectivity index (χ1) is 9.03. The standard InChI is InChI=1S/C15H31NO3Si/c1-11(2)8-12-9-14(19-16-12)13(17)10-18-20(6,7)15(3,4)5/h11,13-14,17H,8-10H2,1-7H3/t13-,14-/m1/s1. The van der Waals surface area contributed by atoms with Crippen molar-refractivity contribution in [1.82, 2.24) is 0 Å². The van der Waals surface area contributed by atoms with Gasteiger partial charge >= 0.3 is 0 Å². The van der Waals surface area contributed by atoms with Crippen molar-refractivity contribution in [3.63, 3.8) is 0 Å². The van der Waals surface area contributed by atoms with Gasteiger partial charge in [-0.25, -0.2) is 0 Å². The maximum absolute atomic E-state index is 10.2. The predicted octanol–water partition coefficient (Wildman–Crippen LogP) is 3.56. The van der Waals surface area contributed by atoms with Gasteiger partial charge in [0.1, 0.15) is 6.10 Å². The summed E-state index contributed by atoms with van der Waals surface area (Å²) in [7, 11) is -1.81. The molecule has 20 heavy (non-hydrogen) atoms. The van der Waals surface area contributed by atoms with Gasteiger partial charge < -0.3 is 14.4 Å². The van der Waals surface area contributed by atoms with E-state index in [0.29, 0.717) is 12.5 Å². The van der Waals surface area contributed by atoms with Gasteiger partial charge in [0.2, 0.25) is 0 Å². The molecule has 2 atom stereocenters. The highest BCUT2D eigenvalue weighted by Crippen LogP contribution is 2.36. The van der Waals surface area contributed by atoms with Crippen LogP contribution in [0.15, 0.2) is 5.16 Å². The number of oxime groups is 1. The van der Waals surface area contributed by atoms with E-state index in [4.69, 9.17) is 9.26 Å². The summed E-state index contributed by atoms with van der Waals surface area (Å²) >= 11 is 0. The van der Waals surface area contributed by atoms with Crippen LogP contribution in [0.2, 0.25) is 18.1 Å². The Bertz CT molecular complexity index is 348.